The highest BCUT2D eigenvalue weighted by Crippen LogP contribution is 2.33. The average molecular weight is 527 g/mol. The van der Waals surface area contributed by atoms with Crippen LogP contribution in [0.5, 0.6) is 5.75 Å². The topological polar surface area (TPSA) is 120 Å². The predicted octanol–water partition coefficient (Wildman–Crippen LogP) is 6.25. The van der Waals surface area contributed by atoms with E-state index in [0.717, 1.165) is 39.5 Å². The third-order valence-corrected chi connectivity index (χ3v) is 5.78. The molecule has 5 rings (SSSR count). The number of nitrogens with zero attached hydrogens (tertiary/aromatic N) is 3. The van der Waals surface area contributed by atoms with Crippen LogP contribution in [-0.4, -0.2) is 28.6 Å². The quantitative estimate of drug-likeness (QED) is 0.145. The zero-order valence-corrected chi connectivity index (χ0v) is 20.5. The molecule has 0 radical (unpaired) electrons. The molecule has 5 aromatic rings. The summed E-state index contributed by atoms with van der Waals surface area (Å²) in [5.41, 5.74) is 6.85. The van der Waals surface area contributed by atoms with Crippen LogP contribution in [0.15, 0.2) is 101 Å². The summed E-state index contributed by atoms with van der Waals surface area (Å²) in [5, 5.41) is 15.9. The van der Waals surface area contributed by atoms with Crippen molar-refractivity contribution in [2.24, 2.45) is 5.10 Å². The number of nitrogens with one attached hydrogen (secondary N) is 1. The van der Waals surface area contributed by atoms with E-state index in [1.54, 1.807) is 12.1 Å². The SMILES string of the molecule is O=C(COc1ccc(-c2cc(-c3ccccc3)c3cc(Cl)ccc3n2)cc1)NN=Cc1ccc([N+](=O)[O-])o1. The number of furan rings is 1. The second-order valence-electron chi connectivity index (χ2n) is 8.12. The summed E-state index contributed by atoms with van der Waals surface area (Å²) in [4.78, 5) is 26.8. The van der Waals surface area contributed by atoms with Crippen LogP contribution < -0.4 is 10.2 Å². The Morgan fingerprint density at radius 2 is 1.82 bits per heavy atom. The number of hydrogen-bond acceptors (Lipinski definition) is 7. The summed E-state index contributed by atoms with van der Waals surface area (Å²) in [6, 6.07) is 27.5. The molecule has 38 heavy (non-hydrogen) atoms. The Morgan fingerprint density at radius 3 is 2.55 bits per heavy atom. The lowest BCUT2D eigenvalue weighted by molar-refractivity contribution is -0.402. The second kappa shape index (κ2) is 10.9. The van der Waals surface area contributed by atoms with Crippen molar-refractivity contribution < 1.29 is 18.9 Å². The van der Waals surface area contributed by atoms with Gasteiger partial charge in [0, 0.05) is 16.0 Å². The van der Waals surface area contributed by atoms with Crippen LogP contribution in [0, 0.1) is 10.1 Å². The number of carbonyl (C=O) groups excluding carboxylic acids is 1. The van der Waals surface area contributed by atoms with Crippen LogP contribution in [-0.2, 0) is 4.79 Å². The minimum atomic E-state index is -0.663. The van der Waals surface area contributed by atoms with Crippen molar-refractivity contribution in [1.29, 1.82) is 0 Å². The Labute approximate surface area is 221 Å². The Balaban J connectivity index is 1.27. The van der Waals surface area contributed by atoms with E-state index in [-0.39, 0.29) is 12.4 Å². The number of fused-ring (bicyclic) bond motifs is 1. The second-order valence-corrected chi connectivity index (χ2v) is 8.56. The number of nitro groups is 1. The highest BCUT2D eigenvalue weighted by Gasteiger charge is 2.12. The molecular formula is C28H19ClN4O5. The number of aromatic nitrogens is 1. The molecule has 9 nitrogen and oxygen atoms in total. The molecule has 0 aliphatic rings. The summed E-state index contributed by atoms with van der Waals surface area (Å²) in [6.07, 6.45) is 1.16. The highest BCUT2D eigenvalue weighted by atomic mass is 35.5. The van der Waals surface area contributed by atoms with Crippen molar-refractivity contribution in [3.05, 3.63) is 112 Å². The first-order valence-corrected chi connectivity index (χ1v) is 11.8. The maximum Gasteiger partial charge on any atom is 0.433 e. The number of ether oxygens (including phenoxy) is 1. The van der Waals surface area contributed by atoms with Crippen LogP contribution in [0.1, 0.15) is 5.76 Å². The molecule has 188 valence electrons. The van der Waals surface area contributed by atoms with E-state index < -0.39 is 16.7 Å². The lowest BCUT2D eigenvalue weighted by Crippen LogP contribution is -2.24. The maximum atomic E-state index is 12.0. The van der Waals surface area contributed by atoms with Gasteiger partial charge in [-0.1, -0.05) is 41.9 Å². The third kappa shape index (κ3) is 5.69. The molecule has 1 N–H and O–H groups in total. The lowest BCUT2D eigenvalue weighted by atomic mass is 9.98. The van der Waals surface area contributed by atoms with Gasteiger partial charge in [0.15, 0.2) is 12.4 Å². The van der Waals surface area contributed by atoms with Crippen LogP contribution in [0.3, 0.4) is 0 Å². The Kier molecular flexibility index (Phi) is 7.10. The van der Waals surface area contributed by atoms with Gasteiger partial charge >= 0.3 is 5.88 Å². The maximum absolute atomic E-state index is 12.0. The van der Waals surface area contributed by atoms with Crippen LogP contribution in [0.2, 0.25) is 5.02 Å². The number of rotatable bonds is 8. The number of halogens is 1. The van der Waals surface area contributed by atoms with E-state index >= 15 is 0 Å². The van der Waals surface area contributed by atoms with Crippen LogP contribution in [0.25, 0.3) is 33.3 Å². The van der Waals surface area contributed by atoms with Crippen molar-refractivity contribution in [2.75, 3.05) is 6.61 Å². The van der Waals surface area contributed by atoms with Crippen molar-refractivity contribution in [2.45, 2.75) is 0 Å². The first-order valence-electron chi connectivity index (χ1n) is 11.4. The van der Waals surface area contributed by atoms with Crippen molar-refractivity contribution >= 4 is 40.5 Å². The number of benzene rings is 3. The van der Waals surface area contributed by atoms with Gasteiger partial charge in [0.1, 0.15) is 10.7 Å². The molecule has 0 bridgehead atoms. The Morgan fingerprint density at radius 1 is 1.03 bits per heavy atom. The molecular weight excluding hydrogens is 508 g/mol. The number of pyridine rings is 1. The van der Waals surface area contributed by atoms with Gasteiger partial charge in [-0.05, 0) is 65.7 Å². The molecule has 0 aliphatic heterocycles. The monoisotopic (exact) mass is 526 g/mol. The van der Waals surface area contributed by atoms with Crippen LogP contribution in [0.4, 0.5) is 5.88 Å². The number of carbonyl (C=O) groups is 1. The molecule has 0 spiro atoms. The van der Waals surface area contributed by atoms with Crippen molar-refractivity contribution in [3.63, 3.8) is 0 Å². The zero-order valence-electron chi connectivity index (χ0n) is 19.7. The molecule has 0 atom stereocenters. The molecule has 10 heteroatoms. The molecule has 3 aromatic carbocycles. The van der Waals surface area contributed by atoms with E-state index in [1.807, 2.05) is 66.7 Å². The molecule has 2 aromatic heterocycles. The summed E-state index contributed by atoms with van der Waals surface area (Å²) in [7, 11) is 0. The fraction of sp³-hybridized carbons (Fsp3) is 0.0357. The summed E-state index contributed by atoms with van der Waals surface area (Å²) < 4.78 is 10.5. The lowest BCUT2D eigenvalue weighted by Gasteiger charge is -2.11. The first-order chi connectivity index (χ1) is 18.5. The minimum Gasteiger partial charge on any atom is -0.484 e. The largest absolute Gasteiger partial charge is 0.484 e. The fourth-order valence-electron chi connectivity index (χ4n) is 3.78. The van der Waals surface area contributed by atoms with E-state index in [4.69, 9.17) is 25.7 Å². The first kappa shape index (κ1) is 24.7. The van der Waals surface area contributed by atoms with Crippen molar-refractivity contribution in [3.8, 4) is 28.1 Å². The summed E-state index contributed by atoms with van der Waals surface area (Å²) >= 11 is 6.27. The summed E-state index contributed by atoms with van der Waals surface area (Å²) in [6.45, 7) is -0.276. The van der Waals surface area contributed by atoms with Gasteiger partial charge in [-0.15, -0.1) is 0 Å². The third-order valence-electron chi connectivity index (χ3n) is 5.55. The van der Waals surface area contributed by atoms with Gasteiger partial charge in [0.05, 0.1) is 23.5 Å². The van der Waals surface area contributed by atoms with Crippen molar-refractivity contribution in [1.82, 2.24) is 10.4 Å². The van der Waals surface area contributed by atoms with E-state index in [1.165, 1.54) is 12.1 Å². The van der Waals surface area contributed by atoms with E-state index in [0.29, 0.717) is 10.8 Å². The van der Waals surface area contributed by atoms with Gasteiger partial charge in [-0.3, -0.25) is 14.9 Å². The van der Waals surface area contributed by atoms with Crippen LogP contribution >= 0.6 is 11.6 Å². The molecule has 1 amide bonds. The van der Waals surface area contributed by atoms with Gasteiger partial charge in [-0.25, -0.2) is 10.4 Å². The normalized spacial score (nSPS) is 11.1. The van der Waals surface area contributed by atoms with Gasteiger partial charge in [0.2, 0.25) is 0 Å². The van der Waals surface area contributed by atoms with Gasteiger partial charge in [0.25, 0.3) is 5.91 Å². The number of hydrogen-bond donors (Lipinski definition) is 1. The zero-order chi connectivity index (χ0) is 26.5. The number of hydrazone groups is 1. The predicted molar refractivity (Wildman–Crippen MR) is 144 cm³/mol. The number of amides is 1. The van der Waals surface area contributed by atoms with Gasteiger partial charge in [-0.2, -0.15) is 5.10 Å². The standard InChI is InChI=1S/C28H19ClN4O5/c29-20-8-12-25-24(14-20)23(18-4-2-1-3-5-18)15-26(31-25)19-6-9-21(10-7-19)37-17-27(34)32-30-16-22-11-13-28(38-22)33(35)36/h1-16H,17H2,(H,32,34). The summed E-state index contributed by atoms with van der Waals surface area (Å²) in [5.74, 6) is -0.294. The van der Waals surface area contributed by atoms with Gasteiger partial charge < -0.3 is 9.15 Å². The molecule has 0 fully saturated rings. The van der Waals surface area contributed by atoms with E-state index in [2.05, 4.69) is 10.5 Å². The fourth-order valence-corrected chi connectivity index (χ4v) is 3.96. The Hall–Kier alpha value is -5.02. The molecule has 0 saturated carbocycles. The molecule has 0 unspecified atom stereocenters. The highest BCUT2D eigenvalue weighted by molar-refractivity contribution is 6.31. The minimum absolute atomic E-state index is 0.134. The smallest absolute Gasteiger partial charge is 0.433 e. The molecule has 0 saturated heterocycles. The van der Waals surface area contributed by atoms with E-state index in [9.17, 15) is 14.9 Å². The molecule has 2 heterocycles. The Bertz CT molecular complexity index is 1650. The molecule has 0 aliphatic carbocycles. The average Bonchev–Trinajstić information content (AvgIpc) is 3.41.